The van der Waals surface area contributed by atoms with Crippen LogP contribution in [0.2, 0.25) is 5.02 Å². The zero-order valence-electron chi connectivity index (χ0n) is 25.3. The monoisotopic (exact) mass is 657 g/mol. The number of nitrogens with zero attached hydrogens (tertiary/aromatic N) is 1. The molecule has 2 amide bonds. The summed E-state index contributed by atoms with van der Waals surface area (Å²) in [4.78, 5) is 51.9. The third-order valence-corrected chi connectivity index (χ3v) is 8.33. The summed E-state index contributed by atoms with van der Waals surface area (Å²) in [5.41, 5.74) is 1.04. The number of sulfonamides is 1. The summed E-state index contributed by atoms with van der Waals surface area (Å²) in [6.07, 6.45) is 7.79. The van der Waals surface area contributed by atoms with E-state index >= 15 is 0 Å². The molecule has 0 bridgehead atoms. The third-order valence-electron chi connectivity index (χ3n) is 7.54. The number of ether oxygens (including phenoxy) is 2. The van der Waals surface area contributed by atoms with Crippen LogP contribution in [-0.2, 0) is 19.6 Å². The first-order valence-electron chi connectivity index (χ1n) is 14.5. The number of carbonyl (C=O) groups excluding carboxylic acids is 3. The number of carbonyl (C=O) groups is 3. The molecule has 1 fully saturated rings. The van der Waals surface area contributed by atoms with Crippen LogP contribution in [0.3, 0.4) is 0 Å². The topological polar surface area (TPSA) is 150 Å². The second-order valence-electron chi connectivity index (χ2n) is 11.0. The Morgan fingerprint density at radius 2 is 1.71 bits per heavy atom. The highest BCUT2D eigenvalue weighted by molar-refractivity contribution is 7.89. The summed E-state index contributed by atoms with van der Waals surface area (Å²) in [6.45, 7) is 1.64. The maximum Gasteiger partial charge on any atom is 0.264 e. The highest BCUT2D eigenvalue weighted by atomic mass is 35.5. The van der Waals surface area contributed by atoms with Gasteiger partial charge in [0.25, 0.3) is 11.5 Å². The van der Waals surface area contributed by atoms with Gasteiger partial charge >= 0.3 is 0 Å². The number of aromatic nitrogens is 1. The molecule has 3 aromatic rings. The number of hydrogen-bond acceptors (Lipinski definition) is 8. The van der Waals surface area contributed by atoms with Crippen molar-refractivity contribution in [3.63, 3.8) is 0 Å². The van der Waals surface area contributed by atoms with Crippen molar-refractivity contribution in [1.82, 2.24) is 9.29 Å². The van der Waals surface area contributed by atoms with E-state index in [1.165, 1.54) is 61.6 Å². The van der Waals surface area contributed by atoms with Crippen LogP contribution in [0, 0.1) is 0 Å². The SMILES string of the molecule is COc1cn([C@@H](CCOC2CCCCC2)C(=O)Nc2ccc(C(=O)NS(C)(=O)=O)cc2)c(=O)cc1-c1cc(Cl)ccc1C(C)=O. The van der Waals surface area contributed by atoms with Crippen LogP contribution in [0.4, 0.5) is 5.69 Å². The van der Waals surface area contributed by atoms with Crippen molar-refractivity contribution in [2.75, 3.05) is 25.3 Å². The maximum atomic E-state index is 13.7. The summed E-state index contributed by atoms with van der Waals surface area (Å²) >= 11 is 6.23. The van der Waals surface area contributed by atoms with Gasteiger partial charge in [0.1, 0.15) is 11.8 Å². The maximum absolute atomic E-state index is 13.7. The minimum atomic E-state index is -3.75. The van der Waals surface area contributed by atoms with Crippen molar-refractivity contribution in [2.24, 2.45) is 0 Å². The van der Waals surface area contributed by atoms with Gasteiger partial charge in [0.2, 0.25) is 15.9 Å². The molecule has 1 aliphatic carbocycles. The van der Waals surface area contributed by atoms with E-state index in [0.29, 0.717) is 27.4 Å². The van der Waals surface area contributed by atoms with Gasteiger partial charge < -0.3 is 14.8 Å². The summed E-state index contributed by atoms with van der Waals surface area (Å²) < 4.78 is 37.7. The van der Waals surface area contributed by atoms with E-state index in [9.17, 15) is 27.6 Å². The van der Waals surface area contributed by atoms with E-state index in [4.69, 9.17) is 21.1 Å². The van der Waals surface area contributed by atoms with Gasteiger partial charge in [-0.05, 0) is 67.8 Å². The summed E-state index contributed by atoms with van der Waals surface area (Å²) in [5.74, 6) is -1.28. The molecule has 0 saturated heterocycles. The predicted octanol–water partition coefficient (Wildman–Crippen LogP) is 4.99. The number of Topliss-reactive ketones (excluding diaryl/α,β-unsaturated/α-hetero) is 1. The second kappa shape index (κ2) is 14.9. The van der Waals surface area contributed by atoms with Gasteiger partial charge in [-0.1, -0.05) is 30.9 Å². The van der Waals surface area contributed by atoms with E-state index in [1.807, 2.05) is 4.72 Å². The summed E-state index contributed by atoms with van der Waals surface area (Å²) in [7, 11) is -2.32. The highest BCUT2D eigenvalue weighted by Gasteiger charge is 2.26. The number of ketones is 1. The van der Waals surface area contributed by atoms with Crippen molar-refractivity contribution < 1.29 is 32.3 Å². The lowest BCUT2D eigenvalue weighted by Gasteiger charge is -2.25. The number of rotatable bonds is 12. The molecule has 2 aromatic carbocycles. The smallest absolute Gasteiger partial charge is 0.264 e. The lowest BCUT2D eigenvalue weighted by atomic mass is 9.97. The Morgan fingerprint density at radius 1 is 1.02 bits per heavy atom. The largest absolute Gasteiger partial charge is 0.495 e. The molecule has 13 heteroatoms. The zero-order chi connectivity index (χ0) is 32.7. The number of pyridine rings is 1. The fraction of sp³-hybridized carbons (Fsp3) is 0.375. The molecule has 1 atom stereocenters. The average molecular weight is 658 g/mol. The normalized spacial score (nSPS) is 14.4. The highest BCUT2D eigenvalue weighted by Crippen LogP contribution is 2.34. The number of halogens is 1. The molecule has 0 spiro atoms. The average Bonchev–Trinajstić information content (AvgIpc) is 2.99. The Balaban J connectivity index is 1.65. The van der Waals surface area contributed by atoms with E-state index in [1.54, 1.807) is 18.2 Å². The number of benzene rings is 2. The molecule has 1 heterocycles. The minimum absolute atomic E-state index is 0.0818. The molecule has 0 aliphatic heterocycles. The molecule has 4 rings (SSSR count). The van der Waals surface area contributed by atoms with Crippen LogP contribution >= 0.6 is 11.6 Å². The number of methoxy groups -OCH3 is 1. The molecule has 11 nitrogen and oxygen atoms in total. The van der Waals surface area contributed by atoms with E-state index in [2.05, 4.69) is 5.32 Å². The first-order valence-corrected chi connectivity index (χ1v) is 16.8. The molecule has 1 aliphatic rings. The Kier molecular flexibility index (Phi) is 11.2. The minimum Gasteiger partial charge on any atom is -0.495 e. The van der Waals surface area contributed by atoms with Crippen LogP contribution in [-0.4, -0.2) is 56.7 Å². The molecule has 0 unspecified atom stereocenters. The molecular weight excluding hydrogens is 622 g/mol. The fourth-order valence-electron chi connectivity index (χ4n) is 5.32. The van der Waals surface area contributed by atoms with Crippen LogP contribution in [0.5, 0.6) is 5.75 Å². The first kappa shape index (κ1) is 33.9. The molecule has 2 N–H and O–H groups in total. The van der Waals surface area contributed by atoms with Crippen molar-refractivity contribution in [2.45, 2.75) is 57.6 Å². The standard InChI is InChI=1S/C32H36ClN3O8S/c1-20(37)25-14-11-22(33)17-26(25)27-18-30(38)36(19-29(27)43-2)28(15-16-44-24-7-5-4-6-8-24)32(40)34-23-12-9-21(10-13-23)31(39)35-45(3,41)42/h9-14,17-19,24,28H,4-8,15-16H2,1-3H3,(H,34,40)(H,35,39)/t28-/m0/s1. The van der Waals surface area contributed by atoms with Crippen LogP contribution in [0.1, 0.15) is 72.2 Å². The summed E-state index contributed by atoms with van der Waals surface area (Å²) in [5, 5.41) is 3.15. The van der Waals surface area contributed by atoms with Gasteiger partial charge in [0.15, 0.2) is 5.78 Å². The van der Waals surface area contributed by atoms with Crippen molar-refractivity contribution in [1.29, 1.82) is 0 Å². The molecule has 1 saturated carbocycles. The quantitative estimate of drug-likeness (QED) is 0.259. The first-order chi connectivity index (χ1) is 21.4. The zero-order valence-corrected chi connectivity index (χ0v) is 26.9. The van der Waals surface area contributed by atoms with Crippen molar-refractivity contribution in [3.05, 3.63) is 81.2 Å². The number of nitrogens with one attached hydrogen (secondary N) is 2. The third kappa shape index (κ3) is 9.03. The molecular formula is C32H36ClN3O8S. The molecule has 240 valence electrons. The Morgan fingerprint density at radius 3 is 2.33 bits per heavy atom. The Labute approximate surface area is 266 Å². The number of amides is 2. The molecule has 1 aromatic heterocycles. The Hall–Kier alpha value is -4.00. The fourth-order valence-corrected chi connectivity index (χ4v) is 5.95. The van der Waals surface area contributed by atoms with Crippen LogP contribution in [0.25, 0.3) is 11.1 Å². The summed E-state index contributed by atoms with van der Waals surface area (Å²) in [6, 6.07) is 10.7. The Bertz CT molecular complexity index is 1730. The lowest BCUT2D eigenvalue weighted by Crippen LogP contribution is -2.34. The van der Waals surface area contributed by atoms with Gasteiger partial charge in [-0.3, -0.25) is 23.7 Å². The van der Waals surface area contributed by atoms with Crippen LogP contribution in [0.15, 0.2) is 59.5 Å². The van der Waals surface area contributed by atoms with Gasteiger partial charge in [0.05, 0.1) is 25.7 Å². The number of anilines is 1. The van der Waals surface area contributed by atoms with E-state index in [0.717, 1.165) is 31.9 Å². The van der Waals surface area contributed by atoms with Gasteiger partial charge in [0, 0.05) is 46.5 Å². The van der Waals surface area contributed by atoms with Crippen molar-refractivity contribution in [3.8, 4) is 16.9 Å². The second-order valence-corrected chi connectivity index (χ2v) is 13.1. The van der Waals surface area contributed by atoms with Gasteiger partial charge in [-0.15, -0.1) is 0 Å². The van der Waals surface area contributed by atoms with Gasteiger partial charge in [-0.25, -0.2) is 13.1 Å². The molecule has 0 radical (unpaired) electrons. The van der Waals surface area contributed by atoms with E-state index in [-0.39, 0.29) is 36.2 Å². The van der Waals surface area contributed by atoms with Crippen molar-refractivity contribution >= 4 is 44.9 Å². The van der Waals surface area contributed by atoms with E-state index < -0.39 is 33.4 Å². The lowest BCUT2D eigenvalue weighted by molar-refractivity contribution is -0.120. The predicted molar refractivity (Wildman–Crippen MR) is 172 cm³/mol. The van der Waals surface area contributed by atoms with Crippen LogP contribution < -0.4 is 20.3 Å². The van der Waals surface area contributed by atoms with Gasteiger partial charge in [-0.2, -0.15) is 0 Å². The number of hydrogen-bond donors (Lipinski definition) is 2. The molecule has 45 heavy (non-hydrogen) atoms.